The first-order valence-corrected chi connectivity index (χ1v) is 11.0. The number of anilines is 2. The van der Waals surface area contributed by atoms with Gasteiger partial charge >= 0.3 is 0 Å². The highest BCUT2D eigenvalue weighted by Crippen LogP contribution is 2.51. The molecule has 0 spiro atoms. The minimum atomic E-state index is -0.361. The minimum Gasteiger partial charge on any atom is -0.336 e. The Hall–Kier alpha value is -2.54. The van der Waals surface area contributed by atoms with E-state index in [4.69, 9.17) is 2.74 Å². The molecule has 0 heterocycles. The molecule has 0 aliphatic heterocycles. The van der Waals surface area contributed by atoms with Crippen LogP contribution in [0.3, 0.4) is 0 Å². The van der Waals surface area contributed by atoms with E-state index in [1.54, 1.807) is 0 Å². The van der Waals surface area contributed by atoms with E-state index in [0.717, 1.165) is 22.5 Å². The number of fused-ring (bicyclic) bond motifs is 3. The fourth-order valence-corrected chi connectivity index (χ4v) is 4.97. The third-order valence-electron chi connectivity index (χ3n) is 6.44. The zero-order valence-corrected chi connectivity index (χ0v) is 19.4. The quantitative estimate of drug-likeness (QED) is 0.429. The van der Waals surface area contributed by atoms with E-state index in [0.29, 0.717) is 0 Å². The van der Waals surface area contributed by atoms with Crippen LogP contribution in [-0.2, 0) is 18.2 Å². The van der Waals surface area contributed by atoms with Gasteiger partial charge in [-0.3, -0.25) is 0 Å². The van der Waals surface area contributed by atoms with E-state index in [9.17, 15) is 0 Å². The Kier molecular flexibility index (Phi) is 4.44. The number of benzene rings is 3. The van der Waals surface area contributed by atoms with Crippen molar-refractivity contribution in [3.05, 3.63) is 82.9 Å². The number of rotatable bonds is 4. The maximum absolute atomic E-state index is 8.75. The topological polar surface area (TPSA) is 3.24 Å². The van der Waals surface area contributed by atoms with Crippen molar-refractivity contribution in [1.82, 2.24) is 0 Å². The SMILES string of the molecule is [2H]C(C)c1ccccc1N(c1cc2c(cc1C([2H])C)C(C)(C)c1ccccc1-2)C(C)(C)C. The van der Waals surface area contributed by atoms with Crippen molar-refractivity contribution in [3.63, 3.8) is 0 Å². The van der Waals surface area contributed by atoms with Gasteiger partial charge in [-0.25, -0.2) is 0 Å². The predicted octanol–water partition coefficient (Wildman–Crippen LogP) is 8.05. The van der Waals surface area contributed by atoms with Gasteiger partial charge in [0.2, 0.25) is 0 Å². The number of hydrogen-bond acceptors (Lipinski definition) is 1. The first-order chi connectivity index (χ1) is 14.9. The fraction of sp³-hybridized carbons (Fsp3) is 0.379. The summed E-state index contributed by atoms with van der Waals surface area (Å²) < 4.78 is 17.2. The summed E-state index contributed by atoms with van der Waals surface area (Å²) in [4.78, 5) is 2.35. The van der Waals surface area contributed by atoms with Gasteiger partial charge in [-0.15, -0.1) is 0 Å². The molecule has 0 amide bonds. The summed E-state index contributed by atoms with van der Waals surface area (Å²) in [6, 6.07) is 21.5. The van der Waals surface area contributed by atoms with Crippen molar-refractivity contribution >= 4 is 11.4 Å². The third kappa shape index (κ3) is 3.16. The van der Waals surface area contributed by atoms with Crippen LogP contribution in [0.15, 0.2) is 60.7 Å². The summed E-state index contributed by atoms with van der Waals surface area (Å²) in [5.41, 5.74) is 9.04. The number of hydrogen-bond donors (Lipinski definition) is 0. The fourth-order valence-electron chi connectivity index (χ4n) is 4.97. The van der Waals surface area contributed by atoms with Crippen LogP contribution in [0.4, 0.5) is 11.4 Å². The van der Waals surface area contributed by atoms with Crippen LogP contribution in [0, 0.1) is 0 Å². The summed E-state index contributed by atoms with van der Waals surface area (Å²) in [6.07, 6.45) is -0.692. The summed E-state index contributed by atoms with van der Waals surface area (Å²) in [5, 5.41) is 0. The number of aryl methyl sites for hydroxylation is 2. The first kappa shape index (κ1) is 18.2. The molecule has 0 radical (unpaired) electrons. The second-order valence-corrected chi connectivity index (χ2v) is 9.77. The van der Waals surface area contributed by atoms with E-state index < -0.39 is 0 Å². The smallest absolute Gasteiger partial charge is 0.0454 e. The molecule has 0 saturated heterocycles. The Morgan fingerprint density at radius 3 is 2.07 bits per heavy atom. The van der Waals surface area contributed by atoms with Gasteiger partial charge in [0.05, 0.1) is 0 Å². The Bertz CT molecular complexity index is 1150. The van der Waals surface area contributed by atoms with Gasteiger partial charge in [0.1, 0.15) is 0 Å². The zero-order chi connectivity index (χ0) is 23.4. The molecule has 1 nitrogen and oxygen atoms in total. The monoisotopic (exact) mass is 399 g/mol. The van der Waals surface area contributed by atoms with Crippen LogP contribution in [0.5, 0.6) is 0 Å². The average Bonchev–Trinajstić information content (AvgIpc) is 2.94. The molecule has 0 saturated carbocycles. The maximum atomic E-state index is 8.75. The number of para-hydroxylation sites is 1. The van der Waals surface area contributed by atoms with Gasteiger partial charge in [0, 0.05) is 25.1 Å². The minimum absolute atomic E-state index is 0.0890. The predicted molar refractivity (Wildman–Crippen MR) is 131 cm³/mol. The molecule has 0 N–H and O–H groups in total. The van der Waals surface area contributed by atoms with Crippen molar-refractivity contribution in [2.45, 2.75) is 72.2 Å². The second kappa shape index (κ2) is 7.30. The van der Waals surface area contributed by atoms with Gasteiger partial charge in [0.15, 0.2) is 0 Å². The molecule has 3 aromatic carbocycles. The normalized spacial score (nSPS) is 17.4. The van der Waals surface area contributed by atoms with E-state index in [1.807, 2.05) is 19.9 Å². The van der Waals surface area contributed by atoms with Gasteiger partial charge in [-0.2, -0.15) is 0 Å². The Balaban J connectivity index is 2.05. The Morgan fingerprint density at radius 1 is 0.767 bits per heavy atom. The average molecular weight is 400 g/mol. The highest BCUT2D eigenvalue weighted by Gasteiger charge is 2.37. The van der Waals surface area contributed by atoms with Gasteiger partial charge in [0.25, 0.3) is 0 Å². The van der Waals surface area contributed by atoms with Crippen molar-refractivity contribution in [2.24, 2.45) is 0 Å². The largest absolute Gasteiger partial charge is 0.336 e. The Labute approximate surface area is 185 Å². The lowest BCUT2D eigenvalue weighted by Crippen LogP contribution is -2.38. The molecule has 4 rings (SSSR count). The van der Waals surface area contributed by atoms with Gasteiger partial charge in [-0.05, 0) is 79.1 Å². The molecule has 30 heavy (non-hydrogen) atoms. The molecule has 2 atom stereocenters. The van der Waals surface area contributed by atoms with Crippen molar-refractivity contribution in [1.29, 1.82) is 0 Å². The second-order valence-electron chi connectivity index (χ2n) is 9.77. The van der Waals surface area contributed by atoms with Crippen LogP contribution >= 0.6 is 0 Å². The van der Waals surface area contributed by atoms with Crippen LogP contribution in [-0.4, -0.2) is 5.54 Å². The van der Waals surface area contributed by atoms with E-state index in [1.165, 1.54) is 22.3 Å². The van der Waals surface area contributed by atoms with Crippen LogP contribution in [0.25, 0.3) is 11.1 Å². The molecular weight excluding hydrogens is 362 g/mol. The molecule has 0 bridgehead atoms. The Morgan fingerprint density at radius 2 is 1.40 bits per heavy atom. The lowest BCUT2D eigenvalue weighted by atomic mass is 9.81. The van der Waals surface area contributed by atoms with Gasteiger partial charge in [-0.1, -0.05) is 76.2 Å². The molecule has 1 aliphatic carbocycles. The molecule has 0 aromatic heterocycles. The van der Waals surface area contributed by atoms with E-state index >= 15 is 0 Å². The first-order valence-electron chi connectivity index (χ1n) is 12.1. The van der Waals surface area contributed by atoms with Crippen molar-refractivity contribution in [2.75, 3.05) is 4.90 Å². The van der Waals surface area contributed by atoms with Crippen molar-refractivity contribution < 1.29 is 2.74 Å². The molecule has 0 fully saturated rings. The van der Waals surface area contributed by atoms with Crippen LogP contribution in [0.1, 0.15) is 73.5 Å². The lowest BCUT2D eigenvalue weighted by Gasteiger charge is -2.40. The number of nitrogens with zero attached hydrogens (tertiary/aromatic N) is 1. The van der Waals surface area contributed by atoms with Gasteiger partial charge < -0.3 is 4.90 Å². The summed E-state index contributed by atoms with van der Waals surface area (Å²) in [5.74, 6) is 0. The molecule has 1 aliphatic rings. The molecule has 156 valence electrons. The van der Waals surface area contributed by atoms with Crippen molar-refractivity contribution in [3.8, 4) is 11.1 Å². The van der Waals surface area contributed by atoms with E-state index in [2.05, 4.69) is 94.1 Å². The summed E-state index contributed by atoms with van der Waals surface area (Å²) in [6.45, 7) is 15.1. The highest BCUT2D eigenvalue weighted by atomic mass is 15.2. The molecule has 1 heteroatoms. The lowest BCUT2D eigenvalue weighted by molar-refractivity contribution is 0.557. The maximum Gasteiger partial charge on any atom is 0.0454 e. The summed E-state index contributed by atoms with van der Waals surface area (Å²) in [7, 11) is 0. The molecule has 3 aromatic rings. The summed E-state index contributed by atoms with van der Waals surface area (Å²) >= 11 is 0. The van der Waals surface area contributed by atoms with E-state index in [-0.39, 0.29) is 23.7 Å². The highest BCUT2D eigenvalue weighted by molar-refractivity contribution is 5.86. The third-order valence-corrected chi connectivity index (χ3v) is 6.44. The van der Waals surface area contributed by atoms with Crippen LogP contribution in [0.2, 0.25) is 0 Å². The van der Waals surface area contributed by atoms with Crippen LogP contribution < -0.4 is 4.90 Å². The zero-order valence-electron chi connectivity index (χ0n) is 21.4. The standard InChI is InChI=1S/C29H35N/c1-8-20-14-10-13-17-26(20)30(28(3,4)5)27-19-23-22-15-11-12-16-24(22)29(6,7)25(23)18-21(27)9-2/h10-19H,8-9H2,1-7H3/i8D,9D. The molecule has 2 unspecified atom stereocenters. The molecular formula is C29H35N.